The molecule has 5 heteroatoms. The summed E-state index contributed by atoms with van der Waals surface area (Å²) < 4.78 is 4.36. The Morgan fingerprint density at radius 2 is 1.57 bits per heavy atom. The number of carbonyl (C=O) groups excluding carboxylic acids is 1. The second-order valence-corrected chi connectivity index (χ2v) is 10.3. The Kier molecular flexibility index (Phi) is 5.45. The fraction of sp³-hybridized carbons (Fsp3) is 0.174. The van der Waals surface area contributed by atoms with Gasteiger partial charge >= 0.3 is 177 Å². The molecular formula is C23H20ClNO2Se. The average Bonchev–Trinajstić information content (AvgIpc) is 2.76. The third kappa shape index (κ3) is 3.44. The van der Waals surface area contributed by atoms with Crippen molar-refractivity contribution in [2.75, 3.05) is 12.0 Å². The minimum absolute atomic E-state index is 0.0240. The topological polar surface area (TPSA) is 29.5 Å². The summed E-state index contributed by atoms with van der Waals surface area (Å²) in [6.07, 6.45) is 0. The van der Waals surface area contributed by atoms with E-state index >= 15 is 0 Å². The van der Waals surface area contributed by atoms with Gasteiger partial charge < -0.3 is 0 Å². The van der Waals surface area contributed by atoms with Crippen LogP contribution < -0.4 is 9.64 Å². The van der Waals surface area contributed by atoms with Gasteiger partial charge in [-0.05, 0) is 0 Å². The molecule has 0 saturated carbocycles. The molecular weight excluding hydrogens is 437 g/mol. The SMILES string of the molecule is COc1ccc(N2C(=O)[C@@](Cl)([Se]Cc3ccccc3)[C@H]2c2ccccc2)cc1. The van der Waals surface area contributed by atoms with Crippen molar-refractivity contribution in [1.82, 2.24) is 0 Å². The van der Waals surface area contributed by atoms with Crippen molar-refractivity contribution in [1.29, 1.82) is 0 Å². The summed E-state index contributed by atoms with van der Waals surface area (Å²) in [4.78, 5) is 15.0. The third-order valence-corrected chi connectivity index (χ3v) is 8.53. The summed E-state index contributed by atoms with van der Waals surface area (Å²) in [5.41, 5.74) is 3.11. The van der Waals surface area contributed by atoms with Gasteiger partial charge in [0.05, 0.1) is 0 Å². The number of β-lactam (4-membered cyclic amide) rings is 1. The molecule has 1 aliphatic rings. The maximum atomic E-state index is 13.2. The van der Waals surface area contributed by atoms with Crippen LogP contribution in [0, 0.1) is 0 Å². The predicted octanol–water partition coefficient (Wildman–Crippen LogP) is 4.62. The number of alkyl halides is 1. The van der Waals surface area contributed by atoms with Crippen molar-refractivity contribution >= 4 is 38.2 Å². The molecule has 3 nitrogen and oxygen atoms in total. The van der Waals surface area contributed by atoms with Crippen molar-refractivity contribution in [2.24, 2.45) is 0 Å². The van der Waals surface area contributed by atoms with Gasteiger partial charge in [0.25, 0.3) is 0 Å². The number of anilines is 1. The number of rotatable bonds is 6. The number of ether oxygens (including phenoxy) is 1. The Morgan fingerprint density at radius 1 is 0.964 bits per heavy atom. The average molecular weight is 457 g/mol. The second-order valence-electron chi connectivity index (χ2n) is 6.61. The molecule has 28 heavy (non-hydrogen) atoms. The van der Waals surface area contributed by atoms with E-state index in [4.69, 9.17) is 16.3 Å². The summed E-state index contributed by atoms with van der Waals surface area (Å²) in [7, 11) is 1.63. The molecule has 2 atom stereocenters. The molecule has 3 aromatic rings. The van der Waals surface area contributed by atoms with Gasteiger partial charge in [-0.3, -0.25) is 0 Å². The number of nitrogens with zero attached hydrogens (tertiary/aromatic N) is 1. The van der Waals surface area contributed by atoms with Gasteiger partial charge in [0.1, 0.15) is 0 Å². The zero-order valence-corrected chi connectivity index (χ0v) is 17.9. The van der Waals surface area contributed by atoms with E-state index in [-0.39, 0.29) is 26.9 Å². The molecule has 4 rings (SSSR count). The van der Waals surface area contributed by atoms with Crippen LogP contribution in [0.3, 0.4) is 0 Å². The fourth-order valence-electron chi connectivity index (χ4n) is 3.41. The summed E-state index contributed by atoms with van der Waals surface area (Å²) in [6.45, 7) is 0. The Balaban J connectivity index is 1.65. The zero-order valence-electron chi connectivity index (χ0n) is 15.4. The fourth-order valence-corrected chi connectivity index (χ4v) is 6.51. The Morgan fingerprint density at radius 3 is 2.18 bits per heavy atom. The molecule has 142 valence electrons. The molecule has 1 saturated heterocycles. The first-order valence-corrected chi connectivity index (χ1v) is 11.5. The first kappa shape index (κ1) is 19.1. The van der Waals surface area contributed by atoms with Crippen LogP contribution in [-0.4, -0.2) is 31.7 Å². The molecule has 0 spiro atoms. The number of methoxy groups -OCH3 is 1. The van der Waals surface area contributed by atoms with E-state index in [1.807, 2.05) is 77.7 Å². The van der Waals surface area contributed by atoms with Crippen molar-refractivity contribution in [3.05, 3.63) is 96.1 Å². The van der Waals surface area contributed by atoms with Gasteiger partial charge in [0, 0.05) is 0 Å². The van der Waals surface area contributed by atoms with Crippen LogP contribution in [0.25, 0.3) is 0 Å². The van der Waals surface area contributed by atoms with Crippen LogP contribution in [0.1, 0.15) is 17.2 Å². The van der Waals surface area contributed by atoms with Crippen LogP contribution in [0.5, 0.6) is 5.75 Å². The van der Waals surface area contributed by atoms with Gasteiger partial charge in [-0.1, -0.05) is 0 Å². The standard InChI is InChI=1S/C23H20ClNO2Se/c1-27-20-14-12-19(13-15-20)25-21(18-10-6-3-7-11-18)23(24,22(25)26)28-16-17-8-4-2-5-9-17/h2-15,21H,16H2,1H3/t21-,23+/m1/s1. The molecule has 0 bridgehead atoms. The monoisotopic (exact) mass is 457 g/mol. The van der Waals surface area contributed by atoms with Gasteiger partial charge in [-0.25, -0.2) is 0 Å². The van der Waals surface area contributed by atoms with Crippen LogP contribution >= 0.6 is 11.6 Å². The van der Waals surface area contributed by atoms with Gasteiger partial charge in [0.2, 0.25) is 0 Å². The Bertz CT molecular complexity index is 949. The summed E-state index contributed by atoms with van der Waals surface area (Å²) in [6, 6.07) is 27.6. The number of halogens is 1. The van der Waals surface area contributed by atoms with Crippen LogP contribution in [-0.2, 0) is 10.1 Å². The summed E-state index contributed by atoms with van der Waals surface area (Å²) >= 11 is 6.94. The molecule has 1 heterocycles. The number of benzene rings is 3. The molecule has 0 radical (unpaired) electrons. The van der Waals surface area contributed by atoms with Crippen molar-refractivity contribution in [2.45, 2.75) is 15.1 Å². The molecule has 1 aliphatic heterocycles. The molecule has 0 aliphatic carbocycles. The van der Waals surface area contributed by atoms with Crippen molar-refractivity contribution in [3.8, 4) is 5.75 Å². The van der Waals surface area contributed by atoms with E-state index in [1.165, 1.54) is 5.56 Å². The van der Waals surface area contributed by atoms with E-state index in [0.717, 1.165) is 22.3 Å². The van der Waals surface area contributed by atoms with E-state index in [2.05, 4.69) is 12.1 Å². The van der Waals surface area contributed by atoms with Gasteiger partial charge in [-0.2, -0.15) is 0 Å². The number of amides is 1. The van der Waals surface area contributed by atoms with Gasteiger partial charge in [-0.15, -0.1) is 0 Å². The van der Waals surface area contributed by atoms with E-state index in [0.29, 0.717) is 0 Å². The van der Waals surface area contributed by atoms with E-state index < -0.39 is 3.77 Å². The molecule has 1 fully saturated rings. The second kappa shape index (κ2) is 8.00. The maximum absolute atomic E-state index is 13.2. The number of carbonyl (C=O) groups is 1. The minimum atomic E-state index is -0.885. The van der Waals surface area contributed by atoms with Gasteiger partial charge in [0.15, 0.2) is 0 Å². The van der Waals surface area contributed by atoms with E-state index in [9.17, 15) is 4.79 Å². The predicted molar refractivity (Wildman–Crippen MR) is 114 cm³/mol. The third-order valence-electron chi connectivity index (χ3n) is 4.88. The van der Waals surface area contributed by atoms with E-state index in [1.54, 1.807) is 7.11 Å². The molecule has 0 unspecified atom stereocenters. The van der Waals surface area contributed by atoms with Crippen molar-refractivity contribution < 1.29 is 9.53 Å². The van der Waals surface area contributed by atoms with Crippen LogP contribution in [0.2, 0.25) is 0 Å². The first-order valence-electron chi connectivity index (χ1n) is 9.03. The number of hydrogen-bond donors (Lipinski definition) is 0. The normalized spacial score (nSPS) is 21.3. The van der Waals surface area contributed by atoms with Crippen molar-refractivity contribution in [3.63, 3.8) is 0 Å². The zero-order chi connectivity index (χ0) is 19.6. The number of hydrogen-bond acceptors (Lipinski definition) is 2. The summed E-state index contributed by atoms with van der Waals surface area (Å²) in [5.74, 6) is 0.738. The summed E-state index contributed by atoms with van der Waals surface area (Å²) in [5, 5.41) is 0.822. The van der Waals surface area contributed by atoms with Crippen LogP contribution in [0.15, 0.2) is 84.9 Å². The van der Waals surface area contributed by atoms with Crippen LogP contribution in [0.4, 0.5) is 5.69 Å². The quantitative estimate of drug-likeness (QED) is 0.308. The molecule has 0 N–H and O–H groups in total. The molecule has 3 aromatic carbocycles. The first-order chi connectivity index (χ1) is 13.6. The Hall–Kier alpha value is -2.26. The molecule has 1 amide bonds. The molecule has 0 aromatic heterocycles. The Labute approximate surface area is 176 Å².